The fourth-order valence-electron chi connectivity index (χ4n) is 2.32. The van der Waals surface area contributed by atoms with Gasteiger partial charge in [-0.3, -0.25) is 0 Å². The van der Waals surface area contributed by atoms with Crippen molar-refractivity contribution in [1.82, 2.24) is 15.3 Å². The van der Waals surface area contributed by atoms with Crippen molar-refractivity contribution in [3.8, 4) is 5.88 Å². The topological polar surface area (TPSA) is 50.3 Å². The average molecular weight is 264 g/mol. The van der Waals surface area contributed by atoms with E-state index in [9.17, 15) is 0 Å². The Kier molecular flexibility index (Phi) is 4.96. The highest BCUT2D eigenvalue weighted by atomic mass is 16.5. The fraction of sp³-hybridized carbons (Fsp3) is 0.714. The molecule has 1 aliphatic heterocycles. The molecule has 1 aromatic heterocycles. The van der Waals surface area contributed by atoms with E-state index in [1.807, 2.05) is 19.9 Å². The number of nitrogens with one attached hydrogen (secondary N) is 1. The van der Waals surface area contributed by atoms with Gasteiger partial charge >= 0.3 is 0 Å². The first-order valence-corrected chi connectivity index (χ1v) is 7.17. The molecule has 0 saturated carbocycles. The number of nitrogens with zero attached hydrogens (tertiary/aromatic N) is 3. The highest BCUT2D eigenvalue weighted by Crippen LogP contribution is 2.16. The van der Waals surface area contributed by atoms with Crippen LogP contribution in [0.3, 0.4) is 0 Å². The van der Waals surface area contributed by atoms with Crippen molar-refractivity contribution >= 4 is 5.95 Å². The van der Waals surface area contributed by atoms with Crippen LogP contribution in [0.15, 0.2) is 12.3 Å². The lowest BCUT2D eigenvalue weighted by atomic mass is 10.2. The number of rotatable bonds is 6. The van der Waals surface area contributed by atoms with Crippen molar-refractivity contribution < 1.29 is 4.74 Å². The quantitative estimate of drug-likeness (QED) is 0.849. The van der Waals surface area contributed by atoms with E-state index in [1.165, 1.54) is 12.8 Å². The van der Waals surface area contributed by atoms with Gasteiger partial charge in [0.1, 0.15) is 0 Å². The summed E-state index contributed by atoms with van der Waals surface area (Å²) in [4.78, 5) is 11.1. The lowest BCUT2D eigenvalue weighted by Crippen LogP contribution is -2.38. The van der Waals surface area contributed by atoms with Crippen molar-refractivity contribution in [3.63, 3.8) is 0 Å². The van der Waals surface area contributed by atoms with Gasteiger partial charge in [0.2, 0.25) is 11.8 Å². The summed E-state index contributed by atoms with van der Waals surface area (Å²) in [5, 5.41) is 3.51. The molecular formula is C14H24N4O. The van der Waals surface area contributed by atoms with Crippen molar-refractivity contribution in [2.45, 2.75) is 45.8 Å². The second-order valence-corrected chi connectivity index (χ2v) is 5.19. The van der Waals surface area contributed by atoms with Gasteiger partial charge in [0.05, 0.1) is 6.10 Å². The van der Waals surface area contributed by atoms with Crippen molar-refractivity contribution in [2.75, 3.05) is 24.5 Å². The number of hydrogen-bond donors (Lipinski definition) is 1. The monoisotopic (exact) mass is 264 g/mol. The van der Waals surface area contributed by atoms with Gasteiger partial charge in [0.25, 0.3) is 0 Å². The third kappa shape index (κ3) is 4.06. The van der Waals surface area contributed by atoms with Crippen LogP contribution in [0, 0.1) is 0 Å². The maximum absolute atomic E-state index is 5.63. The standard InChI is InChI=1S/C14H24N4O/c1-4-18(10-12-6-5-8-15-12)14-16-9-7-13(17-14)19-11(2)3/h7,9,11-12,15H,4-6,8,10H2,1-3H3. The van der Waals surface area contributed by atoms with Crippen LogP contribution in [0.5, 0.6) is 5.88 Å². The van der Waals surface area contributed by atoms with E-state index < -0.39 is 0 Å². The lowest BCUT2D eigenvalue weighted by Gasteiger charge is -2.24. The van der Waals surface area contributed by atoms with Crippen LogP contribution >= 0.6 is 0 Å². The average Bonchev–Trinajstić information content (AvgIpc) is 2.88. The van der Waals surface area contributed by atoms with E-state index in [-0.39, 0.29) is 6.10 Å². The molecule has 19 heavy (non-hydrogen) atoms. The van der Waals surface area contributed by atoms with Gasteiger partial charge in [-0.05, 0) is 40.2 Å². The van der Waals surface area contributed by atoms with Crippen LogP contribution in [0.25, 0.3) is 0 Å². The molecule has 1 unspecified atom stereocenters. The Morgan fingerprint density at radius 3 is 3.00 bits per heavy atom. The number of anilines is 1. The Morgan fingerprint density at radius 2 is 2.37 bits per heavy atom. The number of hydrogen-bond acceptors (Lipinski definition) is 5. The summed E-state index contributed by atoms with van der Waals surface area (Å²) in [5.41, 5.74) is 0. The molecule has 1 atom stereocenters. The number of aromatic nitrogens is 2. The van der Waals surface area contributed by atoms with Crippen LogP contribution in [0.4, 0.5) is 5.95 Å². The summed E-state index contributed by atoms with van der Waals surface area (Å²) in [6.07, 6.45) is 4.40. The molecular weight excluding hydrogens is 240 g/mol. The molecule has 0 amide bonds. The molecule has 2 rings (SSSR count). The number of ether oxygens (including phenoxy) is 1. The van der Waals surface area contributed by atoms with E-state index in [0.29, 0.717) is 11.9 Å². The molecule has 0 aliphatic carbocycles. The first-order chi connectivity index (χ1) is 9.19. The number of likely N-dealkylation sites (N-methyl/N-ethyl adjacent to an activating group) is 1. The summed E-state index contributed by atoms with van der Waals surface area (Å²) in [7, 11) is 0. The molecule has 0 spiro atoms. The molecule has 0 aromatic carbocycles. The Balaban J connectivity index is 2.04. The molecule has 0 radical (unpaired) electrons. The maximum Gasteiger partial charge on any atom is 0.228 e. The van der Waals surface area contributed by atoms with E-state index in [0.717, 1.165) is 25.6 Å². The molecule has 106 valence electrons. The molecule has 1 aliphatic rings. The Morgan fingerprint density at radius 1 is 1.53 bits per heavy atom. The highest BCUT2D eigenvalue weighted by molar-refractivity contribution is 5.32. The molecule has 0 bridgehead atoms. The van der Waals surface area contributed by atoms with Crippen LogP contribution in [0.1, 0.15) is 33.6 Å². The zero-order valence-corrected chi connectivity index (χ0v) is 12.1. The Bertz CT molecular complexity index is 391. The fourth-order valence-corrected chi connectivity index (χ4v) is 2.32. The zero-order chi connectivity index (χ0) is 13.7. The molecule has 1 saturated heterocycles. The summed E-state index contributed by atoms with van der Waals surface area (Å²) in [6.45, 7) is 9.13. The molecule has 1 aromatic rings. The lowest BCUT2D eigenvalue weighted by molar-refractivity contribution is 0.232. The van der Waals surface area contributed by atoms with Gasteiger partial charge in [0, 0.05) is 31.4 Å². The molecule has 2 heterocycles. The second-order valence-electron chi connectivity index (χ2n) is 5.19. The normalized spacial score (nSPS) is 18.8. The maximum atomic E-state index is 5.63. The smallest absolute Gasteiger partial charge is 0.228 e. The third-order valence-electron chi connectivity index (χ3n) is 3.24. The first kappa shape index (κ1) is 14.1. The predicted molar refractivity (Wildman–Crippen MR) is 76.7 cm³/mol. The minimum Gasteiger partial charge on any atom is -0.475 e. The minimum atomic E-state index is 0.134. The minimum absolute atomic E-state index is 0.134. The van der Waals surface area contributed by atoms with Crippen LogP contribution < -0.4 is 15.0 Å². The Hall–Kier alpha value is -1.36. The van der Waals surface area contributed by atoms with E-state index >= 15 is 0 Å². The summed E-state index contributed by atoms with van der Waals surface area (Å²) >= 11 is 0. The molecule has 1 N–H and O–H groups in total. The summed E-state index contributed by atoms with van der Waals surface area (Å²) in [6, 6.07) is 2.36. The Labute approximate surface area is 115 Å². The molecule has 5 nitrogen and oxygen atoms in total. The summed E-state index contributed by atoms with van der Waals surface area (Å²) < 4.78 is 5.63. The van der Waals surface area contributed by atoms with Gasteiger partial charge in [-0.25, -0.2) is 4.98 Å². The zero-order valence-electron chi connectivity index (χ0n) is 12.1. The predicted octanol–water partition coefficient (Wildman–Crippen LogP) is 1.84. The SMILES string of the molecule is CCN(CC1CCCN1)c1nccc(OC(C)C)n1. The van der Waals surface area contributed by atoms with Crippen LogP contribution in [0.2, 0.25) is 0 Å². The highest BCUT2D eigenvalue weighted by Gasteiger charge is 2.19. The molecule has 5 heteroatoms. The largest absolute Gasteiger partial charge is 0.475 e. The third-order valence-corrected chi connectivity index (χ3v) is 3.24. The second kappa shape index (κ2) is 6.70. The van der Waals surface area contributed by atoms with E-state index in [4.69, 9.17) is 4.74 Å². The first-order valence-electron chi connectivity index (χ1n) is 7.17. The van der Waals surface area contributed by atoms with E-state index in [2.05, 4.69) is 27.1 Å². The van der Waals surface area contributed by atoms with Crippen molar-refractivity contribution in [1.29, 1.82) is 0 Å². The van der Waals surface area contributed by atoms with Crippen molar-refractivity contribution in [3.05, 3.63) is 12.3 Å². The van der Waals surface area contributed by atoms with E-state index in [1.54, 1.807) is 6.20 Å². The summed E-state index contributed by atoms with van der Waals surface area (Å²) in [5.74, 6) is 1.41. The van der Waals surface area contributed by atoms with Crippen LogP contribution in [-0.2, 0) is 0 Å². The van der Waals surface area contributed by atoms with Gasteiger partial charge in [-0.15, -0.1) is 0 Å². The van der Waals surface area contributed by atoms with Gasteiger partial charge in [0.15, 0.2) is 0 Å². The van der Waals surface area contributed by atoms with Crippen molar-refractivity contribution in [2.24, 2.45) is 0 Å². The van der Waals surface area contributed by atoms with Crippen LogP contribution in [-0.4, -0.2) is 41.7 Å². The van der Waals surface area contributed by atoms with Gasteiger partial charge < -0.3 is 15.0 Å². The van der Waals surface area contributed by atoms with Gasteiger partial charge in [-0.1, -0.05) is 0 Å². The molecule has 1 fully saturated rings. The van der Waals surface area contributed by atoms with Gasteiger partial charge in [-0.2, -0.15) is 4.98 Å².